The predicted molar refractivity (Wildman–Crippen MR) is 119 cm³/mol. The van der Waals surface area contributed by atoms with E-state index in [0.717, 1.165) is 23.2 Å². The van der Waals surface area contributed by atoms with Crippen LogP contribution >= 0.6 is 0 Å². The van der Waals surface area contributed by atoms with Crippen molar-refractivity contribution in [3.05, 3.63) is 30.0 Å². The number of fused-ring (bicyclic) bond motifs is 1. The molecule has 0 aliphatic heterocycles. The second-order valence-electron chi connectivity index (χ2n) is 9.46. The zero-order valence-corrected chi connectivity index (χ0v) is 19.7. The molecule has 6 heteroatoms. The standard InChI is InChI=1S/C23H35NO4Si/c1-7-26-22(25)19-15-18-9-8-10-20(21(18)24(19)16-17-11-12-17)27-13-14-28-29(5,6)23(2,3)4/h8-10,15,17H,7,11-14,16H2,1-6H3. The fourth-order valence-electron chi connectivity index (χ4n) is 3.19. The summed E-state index contributed by atoms with van der Waals surface area (Å²) in [4.78, 5) is 12.5. The van der Waals surface area contributed by atoms with Crippen LogP contribution in [-0.2, 0) is 15.7 Å². The van der Waals surface area contributed by atoms with Gasteiger partial charge in [-0.3, -0.25) is 0 Å². The van der Waals surface area contributed by atoms with Crippen molar-refractivity contribution in [2.24, 2.45) is 5.92 Å². The van der Waals surface area contributed by atoms with E-state index in [9.17, 15) is 4.79 Å². The predicted octanol–water partition coefficient (Wildman–Crippen LogP) is 5.63. The van der Waals surface area contributed by atoms with E-state index in [4.69, 9.17) is 13.9 Å². The minimum Gasteiger partial charge on any atom is -0.489 e. The summed E-state index contributed by atoms with van der Waals surface area (Å²) in [5, 5.41) is 1.19. The van der Waals surface area contributed by atoms with Gasteiger partial charge in [-0.25, -0.2) is 4.79 Å². The van der Waals surface area contributed by atoms with Gasteiger partial charge in [0.05, 0.1) is 18.7 Å². The fourth-order valence-corrected chi connectivity index (χ4v) is 4.22. The van der Waals surface area contributed by atoms with Gasteiger partial charge >= 0.3 is 5.97 Å². The quantitative estimate of drug-likeness (QED) is 0.301. The molecule has 1 aliphatic carbocycles. The molecule has 0 radical (unpaired) electrons. The Labute approximate surface area is 175 Å². The van der Waals surface area contributed by atoms with Crippen LogP contribution in [0.3, 0.4) is 0 Å². The molecular weight excluding hydrogens is 382 g/mol. The molecule has 1 heterocycles. The first-order chi connectivity index (χ1) is 13.6. The number of rotatable bonds is 9. The van der Waals surface area contributed by atoms with Crippen molar-refractivity contribution >= 4 is 25.2 Å². The van der Waals surface area contributed by atoms with E-state index in [1.165, 1.54) is 12.8 Å². The maximum absolute atomic E-state index is 12.5. The molecule has 0 saturated heterocycles. The Bertz CT molecular complexity index is 862. The Morgan fingerprint density at radius 3 is 2.55 bits per heavy atom. The third-order valence-corrected chi connectivity index (χ3v) is 10.7. The highest BCUT2D eigenvalue weighted by molar-refractivity contribution is 6.74. The van der Waals surface area contributed by atoms with Gasteiger partial charge in [-0.1, -0.05) is 32.9 Å². The molecule has 2 aromatic rings. The van der Waals surface area contributed by atoms with Gasteiger partial charge in [-0.15, -0.1) is 0 Å². The summed E-state index contributed by atoms with van der Waals surface area (Å²) in [6.07, 6.45) is 2.43. The van der Waals surface area contributed by atoms with Gasteiger partial charge in [-0.05, 0) is 55.9 Å². The average Bonchev–Trinajstić information content (AvgIpc) is 3.37. The summed E-state index contributed by atoms with van der Waals surface area (Å²) in [6, 6.07) is 7.91. The SMILES string of the molecule is CCOC(=O)c1cc2cccc(OCCO[Si](C)(C)C(C)(C)C)c2n1CC1CC1. The molecule has 1 aromatic carbocycles. The zero-order chi connectivity index (χ0) is 21.2. The Morgan fingerprint density at radius 1 is 1.21 bits per heavy atom. The lowest BCUT2D eigenvalue weighted by Crippen LogP contribution is -2.41. The van der Waals surface area contributed by atoms with E-state index >= 15 is 0 Å². The van der Waals surface area contributed by atoms with Crippen LogP contribution in [0.2, 0.25) is 18.1 Å². The molecule has 0 N–H and O–H groups in total. The van der Waals surface area contributed by atoms with Crippen molar-refractivity contribution in [3.63, 3.8) is 0 Å². The van der Waals surface area contributed by atoms with E-state index < -0.39 is 8.32 Å². The van der Waals surface area contributed by atoms with Gasteiger partial charge in [0.1, 0.15) is 18.1 Å². The first kappa shape index (κ1) is 21.9. The molecule has 1 fully saturated rings. The molecule has 0 atom stereocenters. The Morgan fingerprint density at radius 2 is 1.93 bits per heavy atom. The van der Waals surface area contributed by atoms with Crippen LogP contribution < -0.4 is 4.74 Å². The highest BCUT2D eigenvalue weighted by Gasteiger charge is 2.37. The highest BCUT2D eigenvalue weighted by atomic mass is 28.4. The molecular formula is C23H35NO4Si. The lowest BCUT2D eigenvalue weighted by Gasteiger charge is -2.36. The molecule has 5 nitrogen and oxygen atoms in total. The van der Waals surface area contributed by atoms with Gasteiger partial charge < -0.3 is 18.5 Å². The molecule has 0 unspecified atom stereocenters. The van der Waals surface area contributed by atoms with E-state index in [0.29, 0.717) is 31.4 Å². The van der Waals surface area contributed by atoms with Crippen molar-refractivity contribution < 1.29 is 18.7 Å². The molecule has 0 amide bonds. The van der Waals surface area contributed by atoms with Gasteiger partial charge in [0.2, 0.25) is 0 Å². The van der Waals surface area contributed by atoms with Crippen LogP contribution in [0.1, 0.15) is 51.0 Å². The highest BCUT2D eigenvalue weighted by Crippen LogP contribution is 2.37. The van der Waals surface area contributed by atoms with Crippen LogP contribution in [0.25, 0.3) is 10.9 Å². The summed E-state index contributed by atoms with van der Waals surface area (Å²) < 4.78 is 19.8. The Kier molecular flexibility index (Phi) is 6.44. The lowest BCUT2D eigenvalue weighted by atomic mass is 10.2. The fraction of sp³-hybridized carbons (Fsp3) is 0.609. The van der Waals surface area contributed by atoms with E-state index in [1.807, 2.05) is 31.2 Å². The number of carbonyl (C=O) groups is 1. The molecule has 29 heavy (non-hydrogen) atoms. The number of ether oxygens (including phenoxy) is 2. The number of benzene rings is 1. The van der Waals surface area contributed by atoms with Crippen molar-refractivity contribution in [1.29, 1.82) is 0 Å². The molecule has 1 saturated carbocycles. The summed E-state index contributed by atoms with van der Waals surface area (Å²) in [7, 11) is -1.79. The Balaban J connectivity index is 1.80. The molecule has 1 aliphatic rings. The average molecular weight is 418 g/mol. The summed E-state index contributed by atoms with van der Waals surface area (Å²) in [5.41, 5.74) is 1.59. The maximum atomic E-state index is 12.5. The first-order valence-corrected chi connectivity index (χ1v) is 13.6. The summed E-state index contributed by atoms with van der Waals surface area (Å²) in [6.45, 7) is 15.3. The number of aromatic nitrogens is 1. The van der Waals surface area contributed by atoms with Crippen LogP contribution in [0.4, 0.5) is 0 Å². The largest absolute Gasteiger partial charge is 0.489 e. The minimum absolute atomic E-state index is 0.181. The molecule has 0 bridgehead atoms. The van der Waals surface area contributed by atoms with Crippen molar-refractivity contribution in [2.75, 3.05) is 19.8 Å². The smallest absolute Gasteiger partial charge is 0.354 e. The first-order valence-electron chi connectivity index (χ1n) is 10.7. The number of nitrogens with zero attached hydrogens (tertiary/aromatic N) is 1. The second-order valence-corrected chi connectivity index (χ2v) is 14.3. The monoisotopic (exact) mass is 417 g/mol. The lowest BCUT2D eigenvalue weighted by molar-refractivity contribution is 0.0514. The van der Waals surface area contributed by atoms with Crippen LogP contribution in [0.15, 0.2) is 24.3 Å². The van der Waals surface area contributed by atoms with Crippen LogP contribution in [0, 0.1) is 5.92 Å². The van der Waals surface area contributed by atoms with Gasteiger partial charge in [0.15, 0.2) is 8.32 Å². The van der Waals surface area contributed by atoms with E-state index in [2.05, 4.69) is 38.4 Å². The van der Waals surface area contributed by atoms with Gasteiger partial charge in [0, 0.05) is 11.9 Å². The topological polar surface area (TPSA) is 49.7 Å². The number of hydrogen-bond donors (Lipinski definition) is 0. The number of esters is 1. The summed E-state index contributed by atoms with van der Waals surface area (Å²) in [5.74, 6) is 1.17. The summed E-state index contributed by atoms with van der Waals surface area (Å²) >= 11 is 0. The van der Waals surface area contributed by atoms with E-state index in [1.54, 1.807) is 0 Å². The number of hydrogen-bond acceptors (Lipinski definition) is 4. The van der Waals surface area contributed by atoms with Crippen molar-refractivity contribution in [2.45, 2.75) is 65.2 Å². The molecule has 1 aromatic heterocycles. The minimum atomic E-state index is -1.79. The Hall–Kier alpha value is -1.79. The number of para-hydroxylation sites is 1. The third kappa shape index (κ3) is 5.04. The van der Waals surface area contributed by atoms with Crippen LogP contribution in [0.5, 0.6) is 5.75 Å². The maximum Gasteiger partial charge on any atom is 0.354 e. The zero-order valence-electron chi connectivity index (χ0n) is 18.7. The van der Waals surface area contributed by atoms with Gasteiger partial charge in [0.25, 0.3) is 0 Å². The second kappa shape index (κ2) is 8.52. The van der Waals surface area contributed by atoms with Gasteiger partial charge in [-0.2, -0.15) is 0 Å². The normalized spacial score (nSPS) is 15.0. The molecule has 3 rings (SSSR count). The molecule has 160 valence electrons. The molecule has 0 spiro atoms. The van der Waals surface area contributed by atoms with Crippen LogP contribution in [-0.4, -0.2) is 38.7 Å². The van der Waals surface area contributed by atoms with Crippen molar-refractivity contribution in [3.8, 4) is 5.75 Å². The third-order valence-electron chi connectivity index (χ3n) is 6.12. The van der Waals surface area contributed by atoms with E-state index in [-0.39, 0.29) is 11.0 Å². The number of carbonyl (C=O) groups excluding carboxylic acids is 1. The van der Waals surface area contributed by atoms with Crippen molar-refractivity contribution in [1.82, 2.24) is 4.57 Å².